The number of rotatable bonds is 8. The third-order valence-electron chi connectivity index (χ3n) is 6.73. The van der Waals surface area contributed by atoms with E-state index >= 15 is 0 Å². The fraction of sp³-hybridized carbons (Fsp3) is 0.296. The van der Waals surface area contributed by atoms with Crippen LogP contribution in [0.25, 0.3) is 16.8 Å². The monoisotopic (exact) mass is 549 g/mol. The molecule has 0 saturated carbocycles. The number of methoxy groups -OCH3 is 1. The lowest BCUT2D eigenvalue weighted by Gasteiger charge is -2.32. The summed E-state index contributed by atoms with van der Waals surface area (Å²) >= 11 is 0. The number of sulfonamides is 1. The topological polar surface area (TPSA) is 121 Å². The molecular formula is C27H31N7O4S. The van der Waals surface area contributed by atoms with Crippen molar-refractivity contribution in [3.8, 4) is 17.0 Å². The highest BCUT2D eigenvalue weighted by atomic mass is 32.2. The summed E-state index contributed by atoms with van der Waals surface area (Å²) in [5.74, 6) is 0.738. The Balaban J connectivity index is 1.43. The molecule has 0 radical (unpaired) electrons. The van der Waals surface area contributed by atoms with E-state index in [1.54, 1.807) is 55.1 Å². The molecule has 1 aliphatic rings. The lowest BCUT2D eigenvalue weighted by atomic mass is 10.1. The van der Waals surface area contributed by atoms with Gasteiger partial charge in [-0.3, -0.25) is 9.52 Å². The number of ether oxygens (including phenoxy) is 1. The Bertz CT molecular complexity index is 1610. The van der Waals surface area contributed by atoms with Crippen molar-refractivity contribution in [2.75, 3.05) is 56.1 Å². The zero-order valence-electron chi connectivity index (χ0n) is 22.1. The number of anilines is 3. The SMILES string of the molecule is CCS(=O)(=O)Nc1ccccc1-c1ccc2cnc(Nc3ccc(C(=O)N4CCN(C)CC4)cc3OC)nn12. The third-order valence-corrected chi connectivity index (χ3v) is 8.02. The van der Waals surface area contributed by atoms with Crippen molar-refractivity contribution in [3.63, 3.8) is 0 Å². The van der Waals surface area contributed by atoms with Crippen LogP contribution in [0.1, 0.15) is 17.3 Å². The molecule has 1 fully saturated rings. The molecule has 204 valence electrons. The van der Waals surface area contributed by atoms with Gasteiger partial charge in [0, 0.05) is 37.3 Å². The highest BCUT2D eigenvalue weighted by molar-refractivity contribution is 7.92. The van der Waals surface area contributed by atoms with Gasteiger partial charge >= 0.3 is 0 Å². The lowest BCUT2D eigenvalue weighted by Crippen LogP contribution is -2.47. The number of hydrogen-bond donors (Lipinski definition) is 2. The Morgan fingerprint density at radius 1 is 1.03 bits per heavy atom. The van der Waals surface area contributed by atoms with Gasteiger partial charge < -0.3 is 19.9 Å². The van der Waals surface area contributed by atoms with Crippen LogP contribution >= 0.6 is 0 Å². The van der Waals surface area contributed by atoms with E-state index < -0.39 is 10.0 Å². The number of nitrogens with zero attached hydrogens (tertiary/aromatic N) is 5. The minimum atomic E-state index is -3.46. The third kappa shape index (κ3) is 5.66. The highest BCUT2D eigenvalue weighted by Crippen LogP contribution is 2.31. The number of carbonyl (C=O) groups is 1. The van der Waals surface area contributed by atoms with Crippen LogP contribution < -0.4 is 14.8 Å². The number of nitrogens with one attached hydrogen (secondary N) is 2. The lowest BCUT2D eigenvalue weighted by molar-refractivity contribution is 0.0664. The number of carbonyl (C=O) groups excluding carboxylic acids is 1. The molecule has 12 heteroatoms. The molecule has 2 aromatic heterocycles. The average molecular weight is 550 g/mol. The molecule has 4 aromatic rings. The summed E-state index contributed by atoms with van der Waals surface area (Å²) < 4.78 is 34.4. The summed E-state index contributed by atoms with van der Waals surface area (Å²) in [5.41, 5.74) is 3.75. The Hall–Kier alpha value is -4.16. The number of piperazine rings is 1. The molecule has 3 heterocycles. The molecule has 0 aliphatic carbocycles. The number of hydrogen-bond acceptors (Lipinski definition) is 8. The number of likely N-dealkylation sites (N-methyl/N-ethyl adjacent to an activating group) is 1. The predicted octanol–water partition coefficient (Wildman–Crippen LogP) is 3.30. The van der Waals surface area contributed by atoms with E-state index in [1.165, 1.54) is 0 Å². The number of amides is 1. The highest BCUT2D eigenvalue weighted by Gasteiger charge is 2.22. The maximum Gasteiger partial charge on any atom is 0.254 e. The van der Waals surface area contributed by atoms with Crippen LogP contribution in [0.15, 0.2) is 60.8 Å². The molecule has 2 aromatic carbocycles. The Kier molecular flexibility index (Phi) is 7.40. The van der Waals surface area contributed by atoms with E-state index in [0.29, 0.717) is 53.0 Å². The molecule has 2 N–H and O–H groups in total. The van der Waals surface area contributed by atoms with E-state index in [9.17, 15) is 13.2 Å². The van der Waals surface area contributed by atoms with Gasteiger partial charge in [-0.05, 0) is 50.4 Å². The first kappa shape index (κ1) is 26.4. The van der Waals surface area contributed by atoms with Gasteiger partial charge in [-0.1, -0.05) is 18.2 Å². The molecule has 11 nitrogen and oxygen atoms in total. The molecule has 0 bridgehead atoms. The van der Waals surface area contributed by atoms with Gasteiger partial charge in [0.15, 0.2) is 0 Å². The molecule has 1 saturated heterocycles. The van der Waals surface area contributed by atoms with E-state index in [-0.39, 0.29) is 11.7 Å². The Morgan fingerprint density at radius 2 is 1.79 bits per heavy atom. The van der Waals surface area contributed by atoms with E-state index in [4.69, 9.17) is 4.74 Å². The van der Waals surface area contributed by atoms with Gasteiger partial charge in [0.1, 0.15) is 5.75 Å². The molecule has 0 unspecified atom stereocenters. The largest absolute Gasteiger partial charge is 0.495 e. The molecule has 0 spiro atoms. The second-order valence-electron chi connectivity index (χ2n) is 9.32. The van der Waals surface area contributed by atoms with E-state index in [1.807, 2.05) is 36.2 Å². The van der Waals surface area contributed by atoms with Crippen molar-refractivity contribution in [2.24, 2.45) is 0 Å². The van der Waals surface area contributed by atoms with Gasteiger partial charge in [0.2, 0.25) is 16.0 Å². The predicted molar refractivity (Wildman–Crippen MR) is 151 cm³/mol. The molecule has 1 aliphatic heterocycles. The van der Waals surface area contributed by atoms with Crippen LogP contribution in [0.5, 0.6) is 5.75 Å². The summed E-state index contributed by atoms with van der Waals surface area (Å²) in [6.07, 6.45) is 1.68. The van der Waals surface area contributed by atoms with Crippen molar-refractivity contribution in [1.82, 2.24) is 24.4 Å². The van der Waals surface area contributed by atoms with E-state index in [0.717, 1.165) is 18.6 Å². The molecule has 39 heavy (non-hydrogen) atoms. The first-order chi connectivity index (χ1) is 18.8. The Morgan fingerprint density at radius 3 is 2.54 bits per heavy atom. The summed E-state index contributed by atoms with van der Waals surface area (Å²) in [6, 6.07) is 16.2. The van der Waals surface area contributed by atoms with Crippen molar-refractivity contribution >= 4 is 38.8 Å². The van der Waals surface area contributed by atoms with Crippen LogP contribution in [0.2, 0.25) is 0 Å². The second kappa shape index (κ2) is 10.9. The number of fused-ring (bicyclic) bond motifs is 1. The minimum Gasteiger partial charge on any atom is -0.495 e. The number of para-hydroxylation sites is 1. The fourth-order valence-corrected chi connectivity index (χ4v) is 5.10. The van der Waals surface area contributed by atoms with Crippen LogP contribution in [-0.4, -0.2) is 84.8 Å². The quantitative estimate of drug-likeness (QED) is 0.344. The molecule has 0 atom stereocenters. The van der Waals surface area contributed by atoms with Gasteiger partial charge in [0.25, 0.3) is 5.91 Å². The zero-order chi connectivity index (χ0) is 27.6. The maximum atomic E-state index is 13.0. The molecule has 5 rings (SSSR count). The Labute approximate surface area is 227 Å². The summed E-state index contributed by atoms with van der Waals surface area (Å²) in [5, 5.41) is 7.85. The summed E-state index contributed by atoms with van der Waals surface area (Å²) in [7, 11) is 0.135. The maximum absolute atomic E-state index is 13.0. The normalized spacial score (nSPS) is 14.4. The van der Waals surface area contributed by atoms with Crippen LogP contribution in [0.3, 0.4) is 0 Å². The van der Waals surface area contributed by atoms with Gasteiger partial charge in [-0.25, -0.2) is 17.9 Å². The second-order valence-corrected chi connectivity index (χ2v) is 11.3. The van der Waals surface area contributed by atoms with Crippen molar-refractivity contribution in [3.05, 3.63) is 66.4 Å². The molecule has 1 amide bonds. The van der Waals surface area contributed by atoms with Crippen molar-refractivity contribution in [1.29, 1.82) is 0 Å². The average Bonchev–Trinajstić information content (AvgIpc) is 3.36. The van der Waals surface area contributed by atoms with E-state index in [2.05, 4.69) is 25.0 Å². The summed E-state index contributed by atoms with van der Waals surface area (Å²) in [6.45, 7) is 4.66. The van der Waals surface area contributed by atoms with Crippen LogP contribution in [-0.2, 0) is 10.0 Å². The standard InChI is InChI=1S/C27H31N7O4S/c1-4-39(36,37)31-22-8-6-5-7-21(22)24-12-10-20-18-28-27(30-34(20)24)29-23-11-9-19(17-25(23)38-3)26(35)33-15-13-32(2)14-16-33/h5-12,17-18,31H,4,13-16H2,1-3H3,(H,29,30). The van der Waals surface area contributed by atoms with Crippen LogP contribution in [0, 0.1) is 0 Å². The molecular weight excluding hydrogens is 518 g/mol. The van der Waals surface area contributed by atoms with Crippen molar-refractivity contribution < 1.29 is 17.9 Å². The number of benzene rings is 2. The summed E-state index contributed by atoms with van der Waals surface area (Å²) in [4.78, 5) is 21.5. The van der Waals surface area contributed by atoms with Crippen molar-refractivity contribution in [2.45, 2.75) is 6.92 Å². The minimum absolute atomic E-state index is 0.0278. The first-order valence-corrected chi connectivity index (χ1v) is 14.3. The van der Waals surface area contributed by atoms with Crippen LogP contribution in [0.4, 0.5) is 17.3 Å². The first-order valence-electron chi connectivity index (χ1n) is 12.7. The van der Waals surface area contributed by atoms with Gasteiger partial charge in [-0.2, -0.15) is 0 Å². The number of aromatic nitrogens is 3. The fourth-order valence-electron chi connectivity index (χ4n) is 4.44. The zero-order valence-corrected chi connectivity index (χ0v) is 22.9. The smallest absolute Gasteiger partial charge is 0.254 e. The van der Waals surface area contributed by atoms with Gasteiger partial charge in [-0.15, -0.1) is 5.10 Å². The van der Waals surface area contributed by atoms with Gasteiger partial charge in [0.05, 0.1) is 41.6 Å².